The summed E-state index contributed by atoms with van der Waals surface area (Å²) < 4.78 is 6.03. The second-order valence-corrected chi connectivity index (χ2v) is 3.55. The molecular weight excluding hydrogens is 236 g/mol. The van der Waals surface area contributed by atoms with E-state index in [4.69, 9.17) is 0 Å². The predicted octanol–water partition coefficient (Wildman–Crippen LogP) is 0.0222. The molecule has 0 saturated carbocycles. The fraction of sp³-hybridized carbons (Fsp3) is 0.273. The molecule has 7 heteroatoms. The van der Waals surface area contributed by atoms with Gasteiger partial charge in [0.15, 0.2) is 0 Å². The molecule has 2 rings (SSSR count). The number of carbonyl (C=O) groups excluding carboxylic acids is 2. The van der Waals surface area contributed by atoms with Crippen LogP contribution in [0, 0.1) is 0 Å². The Morgan fingerprint density at radius 1 is 1.44 bits per heavy atom. The fourth-order valence-electron chi connectivity index (χ4n) is 1.48. The first-order valence-corrected chi connectivity index (χ1v) is 5.34. The number of carbonyl (C=O) groups is 2. The first kappa shape index (κ1) is 12.0. The maximum Gasteiger partial charge on any atom is 0.307 e. The van der Waals surface area contributed by atoms with Crippen LogP contribution in [0.3, 0.4) is 0 Å². The molecule has 2 aromatic heterocycles. The molecule has 0 radical (unpaired) electrons. The van der Waals surface area contributed by atoms with Crippen molar-refractivity contribution in [1.82, 2.24) is 19.9 Å². The number of rotatable bonds is 4. The third-order valence-corrected chi connectivity index (χ3v) is 2.41. The van der Waals surface area contributed by atoms with E-state index in [2.05, 4.69) is 20.1 Å². The highest BCUT2D eigenvalue weighted by Crippen LogP contribution is 2.07. The molecule has 0 aliphatic rings. The maximum atomic E-state index is 11.8. The molecule has 0 aromatic carbocycles. The van der Waals surface area contributed by atoms with Crippen LogP contribution in [-0.4, -0.2) is 40.1 Å². The molecule has 7 nitrogen and oxygen atoms in total. The van der Waals surface area contributed by atoms with Gasteiger partial charge in [-0.3, -0.25) is 14.6 Å². The van der Waals surface area contributed by atoms with Crippen LogP contribution in [0.15, 0.2) is 24.8 Å². The summed E-state index contributed by atoms with van der Waals surface area (Å²) in [6.07, 6.45) is 6.39. The van der Waals surface area contributed by atoms with E-state index in [0.717, 1.165) is 0 Å². The molecule has 0 atom stereocenters. The van der Waals surface area contributed by atoms with Gasteiger partial charge in [0, 0.05) is 18.9 Å². The summed E-state index contributed by atoms with van der Waals surface area (Å²) in [6.45, 7) is 0.225. The van der Waals surface area contributed by atoms with E-state index in [1.54, 1.807) is 23.1 Å². The van der Waals surface area contributed by atoms with Crippen LogP contribution >= 0.6 is 0 Å². The number of fused-ring (bicyclic) bond motifs is 1. The predicted molar refractivity (Wildman–Crippen MR) is 62.0 cm³/mol. The third kappa shape index (κ3) is 2.45. The minimum atomic E-state index is -0.364. The van der Waals surface area contributed by atoms with E-state index in [9.17, 15) is 9.59 Å². The molecule has 1 amide bonds. The monoisotopic (exact) mass is 248 g/mol. The molecule has 18 heavy (non-hydrogen) atoms. The van der Waals surface area contributed by atoms with E-state index >= 15 is 0 Å². The normalized spacial score (nSPS) is 10.3. The van der Waals surface area contributed by atoms with Crippen molar-refractivity contribution < 1.29 is 14.3 Å². The minimum Gasteiger partial charge on any atom is -0.469 e. The molecule has 0 fully saturated rings. The van der Waals surface area contributed by atoms with Crippen molar-refractivity contribution in [2.24, 2.45) is 0 Å². The average Bonchev–Trinajstić information content (AvgIpc) is 2.82. The van der Waals surface area contributed by atoms with Crippen molar-refractivity contribution in [3.8, 4) is 0 Å². The number of esters is 1. The Morgan fingerprint density at radius 3 is 3.06 bits per heavy atom. The smallest absolute Gasteiger partial charge is 0.307 e. The summed E-state index contributed by atoms with van der Waals surface area (Å²) in [5.74, 6) is -0.654. The number of nitrogens with zero attached hydrogens (tertiary/aromatic N) is 3. The lowest BCUT2D eigenvalue weighted by molar-refractivity contribution is -0.140. The molecular formula is C11H12N4O3. The van der Waals surface area contributed by atoms with Crippen molar-refractivity contribution in [3.05, 3.63) is 30.4 Å². The Morgan fingerprint density at radius 2 is 2.28 bits per heavy atom. The van der Waals surface area contributed by atoms with Gasteiger partial charge in [0.1, 0.15) is 0 Å². The fourth-order valence-corrected chi connectivity index (χ4v) is 1.48. The summed E-state index contributed by atoms with van der Waals surface area (Å²) in [4.78, 5) is 26.7. The van der Waals surface area contributed by atoms with Gasteiger partial charge in [0.2, 0.25) is 0 Å². The topological polar surface area (TPSA) is 85.6 Å². The lowest BCUT2D eigenvalue weighted by Crippen LogP contribution is -2.26. The Hall–Kier alpha value is -2.44. The Labute approximate surface area is 103 Å². The number of ether oxygens (including phenoxy) is 1. The SMILES string of the molecule is COC(=O)CCNC(=O)c1cnn2ccncc12. The van der Waals surface area contributed by atoms with E-state index in [0.29, 0.717) is 11.1 Å². The highest BCUT2D eigenvalue weighted by molar-refractivity contribution is 6.00. The van der Waals surface area contributed by atoms with Gasteiger partial charge in [-0.15, -0.1) is 0 Å². The van der Waals surface area contributed by atoms with Crippen LogP contribution in [0.2, 0.25) is 0 Å². The van der Waals surface area contributed by atoms with Gasteiger partial charge < -0.3 is 10.1 Å². The minimum absolute atomic E-state index is 0.139. The number of amides is 1. The van der Waals surface area contributed by atoms with Gasteiger partial charge in [-0.2, -0.15) is 5.10 Å². The summed E-state index contributed by atoms with van der Waals surface area (Å²) >= 11 is 0. The van der Waals surface area contributed by atoms with Gasteiger partial charge in [0.25, 0.3) is 5.91 Å². The van der Waals surface area contributed by atoms with Crippen molar-refractivity contribution in [3.63, 3.8) is 0 Å². The summed E-state index contributed by atoms with van der Waals surface area (Å²) in [6, 6.07) is 0. The van der Waals surface area contributed by atoms with Crippen LogP contribution in [-0.2, 0) is 9.53 Å². The van der Waals surface area contributed by atoms with Crippen LogP contribution in [0.25, 0.3) is 5.52 Å². The number of nitrogens with one attached hydrogen (secondary N) is 1. The molecule has 1 N–H and O–H groups in total. The average molecular weight is 248 g/mol. The molecule has 0 saturated heterocycles. The summed E-state index contributed by atoms with van der Waals surface area (Å²) in [5, 5.41) is 6.64. The first-order chi connectivity index (χ1) is 8.72. The zero-order valence-corrected chi connectivity index (χ0v) is 9.79. The van der Waals surface area contributed by atoms with Gasteiger partial charge in [-0.05, 0) is 0 Å². The number of methoxy groups -OCH3 is 1. The highest BCUT2D eigenvalue weighted by Gasteiger charge is 2.12. The molecule has 0 unspecified atom stereocenters. The molecule has 0 bridgehead atoms. The second-order valence-electron chi connectivity index (χ2n) is 3.55. The largest absolute Gasteiger partial charge is 0.469 e. The maximum absolute atomic E-state index is 11.8. The lowest BCUT2D eigenvalue weighted by Gasteiger charge is -2.02. The van der Waals surface area contributed by atoms with E-state index < -0.39 is 0 Å². The van der Waals surface area contributed by atoms with Gasteiger partial charge >= 0.3 is 5.97 Å². The zero-order valence-electron chi connectivity index (χ0n) is 9.79. The summed E-state index contributed by atoms with van der Waals surface area (Å²) in [5.41, 5.74) is 1.04. The molecule has 0 aliphatic carbocycles. The van der Waals surface area contributed by atoms with Gasteiger partial charge in [-0.1, -0.05) is 0 Å². The Kier molecular flexibility index (Phi) is 3.52. The van der Waals surface area contributed by atoms with Crippen LogP contribution in [0.4, 0.5) is 0 Å². The molecule has 2 aromatic rings. The Bertz CT molecular complexity index is 578. The van der Waals surface area contributed by atoms with Crippen LogP contribution in [0.1, 0.15) is 16.8 Å². The summed E-state index contributed by atoms with van der Waals surface area (Å²) in [7, 11) is 1.31. The van der Waals surface area contributed by atoms with Crippen LogP contribution < -0.4 is 5.32 Å². The standard InChI is InChI=1S/C11H12N4O3/c1-18-10(16)2-3-13-11(17)8-6-14-15-5-4-12-7-9(8)15/h4-7H,2-3H2,1H3,(H,13,17). The Balaban J connectivity index is 2.03. The second kappa shape index (κ2) is 5.26. The quantitative estimate of drug-likeness (QED) is 0.771. The van der Waals surface area contributed by atoms with E-state index in [1.165, 1.54) is 13.3 Å². The van der Waals surface area contributed by atoms with E-state index in [-0.39, 0.29) is 24.8 Å². The van der Waals surface area contributed by atoms with Crippen LogP contribution in [0.5, 0.6) is 0 Å². The van der Waals surface area contributed by atoms with Crippen molar-refractivity contribution >= 4 is 17.4 Å². The van der Waals surface area contributed by atoms with Crippen molar-refractivity contribution in [1.29, 1.82) is 0 Å². The highest BCUT2D eigenvalue weighted by atomic mass is 16.5. The molecule has 2 heterocycles. The molecule has 0 spiro atoms. The lowest BCUT2D eigenvalue weighted by atomic mass is 10.2. The number of hydrogen-bond donors (Lipinski definition) is 1. The van der Waals surface area contributed by atoms with E-state index in [1.807, 2.05) is 0 Å². The van der Waals surface area contributed by atoms with Gasteiger partial charge in [-0.25, -0.2) is 4.52 Å². The number of hydrogen-bond acceptors (Lipinski definition) is 5. The molecule has 0 aliphatic heterocycles. The van der Waals surface area contributed by atoms with Crippen molar-refractivity contribution in [2.45, 2.75) is 6.42 Å². The van der Waals surface area contributed by atoms with Gasteiger partial charge in [0.05, 0.1) is 37.0 Å². The zero-order chi connectivity index (χ0) is 13.0. The van der Waals surface area contributed by atoms with Crippen molar-refractivity contribution in [2.75, 3.05) is 13.7 Å². The number of aromatic nitrogens is 3. The first-order valence-electron chi connectivity index (χ1n) is 5.34. The molecule has 94 valence electrons. The third-order valence-electron chi connectivity index (χ3n) is 2.41.